The molecule has 0 amide bonds. The number of rotatable bonds is 2. The molecule has 102 valence electrons. The predicted octanol–water partition coefficient (Wildman–Crippen LogP) is 5.42. The summed E-state index contributed by atoms with van der Waals surface area (Å²) in [5, 5.41) is 0. The van der Waals surface area contributed by atoms with Crippen molar-refractivity contribution >= 4 is 27.0 Å². The molecule has 0 fully saturated rings. The second-order valence-electron chi connectivity index (χ2n) is 5.51. The molecule has 2 aromatic carbocycles. The van der Waals surface area contributed by atoms with Gasteiger partial charge in [0.2, 0.25) is 0 Å². The standard InChI is InChI=1S/C17H17BrN2/c1-10(2)12-4-6-13(7-5-12)17-19-15-9-11(3)8-14(18)16(15)20-17/h4-10H,1-3H3,(H,19,20). The molecule has 0 aliphatic heterocycles. The number of benzene rings is 2. The fourth-order valence-electron chi connectivity index (χ4n) is 2.37. The van der Waals surface area contributed by atoms with Gasteiger partial charge in [-0.1, -0.05) is 38.1 Å². The first-order valence-corrected chi connectivity index (χ1v) is 7.60. The summed E-state index contributed by atoms with van der Waals surface area (Å²) in [6.07, 6.45) is 0. The molecule has 0 atom stereocenters. The number of nitrogens with zero attached hydrogens (tertiary/aromatic N) is 1. The van der Waals surface area contributed by atoms with Gasteiger partial charge < -0.3 is 4.98 Å². The lowest BCUT2D eigenvalue weighted by Gasteiger charge is -2.05. The van der Waals surface area contributed by atoms with Gasteiger partial charge in [0.05, 0.1) is 5.52 Å². The first-order chi connectivity index (χ1) is 9.54. The molecule has 0 unspecified atom stereocenters. The number of imidazole rings is 1. The van der Waals surface area contributed by atoms with Crippen molar-refractivity contribution < 1.29 is 0 Å². The highest BCUT2D eigenvalue weighted by atomic mass is 79.9. The smallest absolute Gasteiger partial charge is 0.138 e. The Bertz CT molecular complexity index is 755. The summed E-state index contributed by atoms with van der Waals surface area (Å²) >= 11 is 3.58. The van der Waals surface area contributed by atoms with Gasteiger partial charge >= 0.3 is 0 Å². The SMILES string of the molecule is Cc1cc(Br)c2nc(-c3ccc(C(C)C)cc3)[nH]c2c1. The quantitative estimate of drug-likeness (QED) is 0.668. The molecule has 0 bridgehead atoms. The Morgan fingerprint density at radius 3 is 2.45 bits per heavy atom. The van der Waals surface area contributed by atoms with E-state index in [1.54, 1.807) is 0 Å². The van der Waals surface area contributed by atoms with E-state index in [0.717, 1.165) is 26.9 Å². The van der Waals surface area contributed by atoms with Crippen molar-refractivity contribution in [1.29, 1.82) is 0 Å². The number of H-pyrrole nitrogens is 1. The van der Waals surface area contributed by atoms with Gasteiger partial charge in [0.25, 0.3) is 0 Å². The van der Waals surface area contributed by atoms with Gasteiger partial charge in [-0.2, -0.15) is 0 Å². The van der Waals surface area contributed by atoms with Crippen LogP contribution < -0.4 is 0 Å². The lowest BCUT2D eigenvalue weighted by atomic mass is 10.0. The lowest BCUT2D eigenvalue weighted by Crippen LogP contribution is -1.87. The monoisotopic (exact) mass is 328 g/mol. The Morgan fingerprint density at radius 2 is 1.80 bits per heavy atom. The molecule has 20 heavy (non-hydrogen) atoms. The second kappa shape index (κ2) is 5.06. The minimum atomic E-state index is 0.552. The molecular formula is C17H17BrN2. The van der Waals surface area contributed by atoms with E-state index in [0.29, 0.717) is 5.92 Å². The number of nitrogens with one attached hydrogen (secondary N) is 1. The van der Waals surface area contributed by atoms with Crippen LogP contribution in [0.5, 0.6) is 0 Å². The maximum Gasteiger partial charge on any atom is 0.138 e. The molecule has 0 aliphatic carbocycles. The first-order valence-electron chi connectivity index (χ1n) is 6.81. The van der Waals surface area contributed by atoms with E-state index in [1.165, 1.54) is 11.1 Å². The Hall–Kier alpha value is -1.61. The highest BCUT2D eigenvalue weighted by Gasteiger charge is 2.09. The maximum absolute atomic E-state index is 4.70. The zero-order valence-electron chi connectivity index (χ0n) is 11.9. The second-order valence-corrected chi connectivity index (χ2v) is 6.36. The molecule has 0 radical (unpaired) electrons. The van der Waals surface area contributed by atoms with Crippen LogP contribution >= 0.6 is 15.9 Å². The third kappa shape index (κ3) is 2.38. The van der Waals surface area contributed by atoms with Crippen LogP contribution in [0.3, 0.4) is 0 Å². The van der Waals surface area contributed by atoms with Crippen molar-refractivity contribution in [1.82, 2.24) is 9.97 Å². The molecule has 0 saturated carbocycles. The van der Waals surface area contributed by atoms with E-state index >= 15 is 0 Å². The van der Waals surface area contributed by atoms with Crippen LogP contribution in [-0.2, 0) is 0 Å². The summed E-state index contributed by atoms with van der Waals surface area (Å²) in [4.78, 5) is 8.10. The average molecular weight is 329 g/mol. The van der Waals surface area contributed by atoms with Gasteiger partial charge in [0.1, 0.15) is 11.3 Å². The summed E-state index contributed by atoms with van der Waals surface area (Å²) in [6.45, 7) is 6.49. The molecule has 0 aliphatic rings. The van der Waals surface area contributed by atoms with Crippen molar-refractivity contribution in [2.75, 3.05) is 0 Å². The number of fused-ring (bicyclic) bond motifs is 1. The van der Waals surface area contributed by atoms with Crippen molar-refractivity contribution in [2.45, 2.75) is 26.7 Å². The van der Waals surface area contributed by atoms with Crippen LogP contribution in [0.1, 0.15) is 30.9 Å². The number of aryl methyl sites for hydroxylation is 1. The van der Waals surface area contributed by atoms with Crippen molar-refractivity contribution in [3.8, 4) is 11.4 Å². The number of halogens is 1. The van der Waals surface area contributed by atoms with Crippen LogP contribution in [0.25, 0.3) is 22.4 Å². The lowest BCUT2D eigenvalue weighted by molar-refractivity contribution is 0.867. The van der Waals surface area contributed by atoms with Gasteiger partial charge in [0.15, 0.2) is 0 Å². The normalized spacial score (nSPS) is 11.4. The molecule has 1 N–H and O–H groups in total. The van der Waals surface area contributed by atoms with Crippen molar-refractivity contribution in [3.05, 3.63) is 52.0 Å². The molecular weight excluding hydrogens is 312 g/mol. The van der Waals surface area contributed by atoms with Crippen molar-refractivity contribution in [3.63, 3.8) is 0 Å². The summed E-state index contributed by atoms with van der Waals surface area (Å²) in [5.41, 5.74) is 5.74. The summed E-state index contributed by atoms with van der Waals surface area (Å²) in [6, 6.07) is 12.8. The Kier molecular flexibility index (Phi) is 3.38. The van der Waals surface area contributed by atoms with E-state index < -0.39 is 0 Å². The summed E-state index contributed by atoms with van der Waals surface area (Å²) in [7, 11) is 0. The summed E-state index contributed by atoms with van der Waals surface area (Å²) in [5.74, 6) is 1.47. The van der Waals surface area contributed by atoms with Crippen LogP contribution in [0, 0.1) is 6.92 Å². The Balaban J connectivity index is 2.08. The highest BCUT2D eigenvalue weighted by molar-refractivity contribution is 9.10. The first kappa shape index (κ1) is 13.4. The fourth-order valence-corrected chi connectivity index (χ4v) is 3.04. The maximum atomic E-state index is 4.70. The molecule has 1 heterocycles. The number of aromatic amines is 1. The third-order valence-electron chi connectivity index (χ3n) is 3.54. The van der Waals surface area contributed by atoms with E-state index in [9.17, 15) is 0 Å². The fraction of sp³-hybridized carbons (Fsp3) is 0.235. The van der Waals surface area contributed by atoms with Gasteiger partial charge in [-0.25, -0.2) is 4.98 Å². The number of hydrogen-bond acceptors (Lipinski definition) is 1. The highest BCUT2D eigenvalue weighted by Crippen LogP contribution is 2.28. The van der Waals surface area contributed by atoms with Gasteiger partial charge in [-0.05, 0) is 52.0 Å². The topological polar surface area (TPSA) is 28.7 Å². The van der Waals surface area contributed by atoms with Crippen LogP contribution in [0.2, 0.25) is 0 Å². The van der Waals surface area contributed by atoms with Crippen LogP contribution in [-0.4, -0.2) is 9.97 Å². The van der Waals surface area contributed by atoms with Crippen LogP contribution in [0.4, 0.5) is 0 Å². The van der Waals surface area contributed by atoms with Gasteiger partial charge in [0, 0.05) is 10.0 Å². The molecule has 1 aromatic heterocycles. The predicted molar refractivity (Wildman–Crippen MR) is 88.1 cm³/mol. The van der Waals surface area contributed by atoms with Crippen molar-refractivity contribution in [2.24, 2.45) is 0 Å². The largest absolute Gasteiger partial charge is 0.338 e. The van der Waals surface area contributed by atoms with Gasteiger partial charge in [-0.3, -0.25) is 0 Å². The number of aromatic nitrogens is 2. The van der Waals surface area contributed by atoms with E-state index in [-0.39, 0.29) is 0 Å². The number of hydrogen-bond donors (Lipinski definition) is 1. The Labute approximate surface area is 127 Å². The minimum Gasteiger partial charge on any atom is -0.338 e. The molecule has 0 saturated heterocycles. The Morgan fingerprint density at radius 1 is 1.10 bits per heavy atom. The van der Waals surface area contributed by atoms with Gasteiger partial charge in [-0.15, -0.1) is 0 Å². The molecule has 3 heteroatoms. The minimum absolute atomic E-state index is 0.552. The van der Waals surface area contributed by atoms with Crippen LogP contribution in [0.15, 0.2) is 40.9 Å². The molecule has 3 aromatic rings. The molecule has 3 rings (SSSR count). The van der Waals surface area contributed by atoms with E-state index in [4.69, 9.17) is 4.98 Å². The average Bonchev–Trinajstić information content (AvgIpc) is 2.83. The molecule has 2 nitrogen and oxygen atoms in total. The van der Waals surface area contributed by atoms with E-state index in [1.807, 2.05) is 0 Å². The zero-order chi connectivity index (χ0) is 14.3. The molecule has 0 spiro atoms. The zero-order valence-corrected chi connectivity index (χ0v) is 13.5. The third-order valence-corrected chi connectivity index (χ3v) is 4.14. The summed E-state index contributed by atoms with van der Waals surface area (Å²) < 4.78 is 1.04. The van der Waals surface area contributed by atoms with E-state index in [2.05, 4.69) is 78.1 Å².